The molecule has 0 bridgehead atoms. The van der Waals surface area contributed by atoms with Crippen molar-refractivity contribution in [1.29, 1.82) is 5.26 Å². The van der Waals surface area contributed by atoms with E-state index in [1.165, 1.54) is 11.2 Å². The summed E-state index contributed by atoms with van der Waals surface area (Å²) < 4.78 is 0. The van der Waals surface area contributed by atoms with Crippen molar-refractivity contribution in [3.63, 3.8) is 0 Å². The number of fused-ring (bicyclic) bond motifs is 4. The molecule has 0 unspecified atom stereocenters. The van der Waals surface area contributed by atoms with Gasteiger partial charge in [-0.1, -0.05) is 65.7 Å². The molecule has 3 aromatic carbocycles. The molecule has 0 radical (unpaired) electrons. The second-order valence-electron chi connectivity index (χ2n) is 7.15. The van der Waals surface area contributed by atoms with Gasteiger partial charge >= 0.3 is 0 Å². The van der Waals surface area contributed by atoms with Crippen LogP contribution < -0.4 is 5.32 Å². The first-order valence-corrected chi connectivity index (χ1v) is 10.2. The number of rotatable bonds is 2. The molecule has 3 aromatic rings. The van der Waals surface area contributed by atoms with Crippen molar-refractivity contribution in [3.05, 3.63) is 105 Å². The lowest BCUT2D eigenvalue weighted by atomic mass is 9.78. The predicted molar refractivity (Wildman–Crippen MR) is 122 cm³/mol. The highest BCUT2D eigenvalue weighted by Crippen LogP contribution is 2.52. The molecular formula is C24H14Cl2N4O. The number of halogens is 2. The summed E-state index contributed by atoms with van der Waals surface area (Å²) in [6.07, 6.45) is 3.14. The first kappa shape index (κ1) is 19.4. The van der Waals surface area contributed by atoms with Crippen LogP contribution in [0.15, 0.2) is 83.5 Å². The van der Waals surface area contributed by atoms with Gasteiger partial charge in [-0.15, -0.1) is 0 Å². The van der Waals surface area contributed by atoms with Gasteiger partial charge in [0, 0.05) is 28.1 Å². The maximum atomic E-state index is 13.3. The maximum absolute atomic E-state index is 13.3. The van der Waals surface area contributed by atoms with Gasteiger partial charge in [-0.3, -0.25) is 4.79 Å². The Hall–Kier alpha value is -3.59. The van der Waals surface area contributed by atoms with Crippen LogP contribution in [0.2, 0.25) is 10.0 Å². The van der Waals surface area contributed by atoms with E-state index in [9.17, 15) is 10.1 Å². The van der Waals surface area contributed by atoms with Gasteiger partial charge < -0.3 is 5.32 Å². The summed E-state index contributed by atoms with van der Waals surface area (Å²) in [5.41, 5.74) is 2.74. The summed E-state index contributed by atoms with van der Waals surface area (Å²) in [5, 5.41) is 19.8. The lowest BCUT2D eigenvalue weighted by molar-refractivity contribution is -0.128. The van der Waals surface area contributed by atoms with E-state index in [2.05, 4.69) is 10.4 Å². The van der Waals surface area contributed by atoms with E-state index in [0.29, 0.717) is 15.6 Å². The van der Waals surface area contributed by atoms with Gasteiger partial charge in [0.15, 0.2) is 0 Å². The summed E-state index contributed by atoms with van der Waals surface area (Å²) in [6, 6.07) is 22.5. The molecule has 2 aliphatic heterocycles. The predicted octanol–water partition coefficient (Wildman–Crippen LogP) is 5.62. The number of hydrogen-bond acceptors (Lipinski definition) is 4. The minimum atomic E-state index is -1.08. The average Bonchev–Trinajstić information content (AvgIpc) is 3.06. The van der Waals surface area contributed by atoms with Crippen molar-refractivity contribution in [1.82, 2.24) is 5.01 Å². The molecule has 1 amide bonds. The fraction of sp³-hybridized carbons (Fsp3) is 0.0417. The van der Waals surface area contributed by atoms with Crippen molar-refractivity contribution >= 4 is 46.7 Å². The molecule has 0 aromatic heterocycles. The number of anilines is 2. The van der Waals surface area contributed by atoms with Crippen LogP contribution in [0.25, 0.3) is 0 Å². The van der Waals surface area contributed by atoms with E-state index < -0.39 is 11.4 Å². The van der Waals surface area contributed by atoms with Gasteiger partial charge in [-0.05, 0) is 30.3 Å². The van der Waals surface area contributed by atoms with Crippen LogP contribution >= 0.6 is 23.2 Å². The van der Waals surface area contributed by atoms with Crippen LogP contribution in [0.4, 0.5) is 11.4 Å². The van der Waals surface area contributed by atoms with Crippen molar-refractivity contribution in [2.75, 3.05) is 5.32 Å². The molecule has 2 aliphatic rings. The van der Waals surface area contributed by atoms with Crippen LogP contribution in [-0.2, 0) is 10.3 Å². The van der Waals surface area contributed by atoms with E-state index in [-0.39, 0.29) is 5.57 Å². The van der Waals surface area contributed by atoms with Crippen LogP contribution in [0, 0.1) is 11.3 Å². The Balaban J connectivity index is 1.77. The van der Waals surface area contributed by atoms with Crippen LogP contribution in [0.3, 0.4) is 0 Å². The van der Waals surface area contributed by atoms with Gasteiger partial charge in [0.2, 0.25) is 0 Å². The number of hydrogen-bond donors (Lipinski definition) is 1. The highest BCUT2D eigenvalue weighted by atomic mass is 35.5. The molecule has 5 rings (SSSR count). The number of benzene rings is 3. The smallest absolute Gasteiger partial charge is 0.285 e. The SMILES string of the molecule is N#CC1=CC2(c3ccccc3Nc3ccccc32)N(/N=C\c2c(Cl)cccc2Cl)C1=O. The Morgan fingerprint density at radius 3 is 2.10 bits per heavy atom. The number of amides is 1. The van der Waals surface area contributed by atoms with Crippen LogP contribution in [0.5, 0.6) is 0 Å². The quantitative estimate of drug-likeness (QED) is 0.521. The largest absolute Gasteiger partial charge is 0.355 e. The second-order valence-corrected chi connectivity index (χ2v) is 7.96. The number of hydrazone groups is 1. The van der Waals surface area contributed by atoms with Crippen molar-refractivity contribution in [3.8, 4) is 6.07 Å². The zero-order valence-corrected chi connectivity index (χ0v) is 17.5. The van der Waals surface area contributed by atoms with E-state index in [1.54, 1.807) is 24.3 Å². The number of carbonyl (C=O) groups is 1. The number of carbonyl (C=O) groups excluding carboxylic acids is 1. The molecule has 2 heterocycles. The molecule has 150 valence electrons. The van der Waals surface area contributed by atoms with E-state index in [4.69, 9.17) is 23.2 Å². The van der Waals surface area contributed by atoms with E-state index >= 15 is 0 Å². The Morgan fingerprint density at radius 1 is 0.935 bits per heavy atom. The van der Waals surface area contributed by atoms with Crippen LogP contribution in [0.1, 0.15) is 16.7 Å². The molecule has 7 heteroatoms. The molecule has 5 nitrogen and oxygen atoms in total. The third-order valence-electron chi connectivity index (χ3n) is 5.48. The Labute approximate surface area is 188 Å². The Kier molecular flexibility index (Phi) is 4.55. The molecule has 31 heavy (non-hydrogen) atoms. The topological polar surface area (TPSA) is 68.5 Å². The summed E-state index contributed by atoms with van der Waals surface area (Å²) in [7, 11) is 0. The van der Waals surface area contributed by atoms with Gasteiger partial charge in [0.1, 0.15) is 17.2 Å². The fourth-order valence-corrected chi connectivity index (χ4v) is 4.60. The second kappa shape index (κ2) is 7.28. The van der Waals surface area contributed by atoms with Crippen molar-refractivity contribution in [2.24, 2.45) is 5.10 Å². The third kappa shape index (κ3) is 2.84. The molecule has 0 saturated heterocycles. The van der Waals surface area contributed by atoms with Gasteiger partial charge in [-0.25, -0.2) is 5.01 Å². The number of nitrogens with zero attached hydrogens (tertiary/aromatic N) is 3. The fourth-order valence-electron chi connectivity index (χ4n) is 4.10. The van der Waals surface area contributed by atoms with Crippen molar-refractivity contribution in [2.45, 2.75) is 5.54 Å². The number of nitrogens with one attached hydrogen (secondary N) is 1. The summed E-state index contributed by atoms with van der Waals surface area (Å²) in [6.45, 7) is 0. The summed E-state index contributed by atoms with van der Waals surface area (Å²) in [4.78, 5) is 13.3. The normalized spacial score (nSPS) is 16.0. The molecule has 1 spiro atoms. The minimum Gasteiger partial charge on any atom is -0.355 e. The highest BCUT2D eigenvalue weighted by molar-refractivity contribution is 6.38. The highest BCUT2D eigenvalue weighted by Gasteiger charge is 2.52. The molecular weight excluding hydrogens is 431 g/mol. The summed E-state index contributed by atoms with van der Waals surface area (Å²) in [5.74, 6) is -0.492. The molecule has 0 saturated carbocycles. The summed E-state index contributed by atoms with van der Waals surface area (Å²) >= 11 is 12.6. The lowest BCUT2D eigenvalue weighted by Crippen LogP contribution is -2.44. The van der Waals surface area contributed by atoms with E-state index in [0.717, 1.165) is 22.5 Å². The van der Waals surface area contributed by atoms with Crippen LogP contribution in [-0.4, -0.2) is 17.1 Å². The van der Waals surface area contributed by atoms with E-state index in [1.807, 2.05) is 54.6 Å². The molecule has 0 aliphatic carbocycles. The Bertz CT molecular complexity index is 1270. The average molecular weight is 445 g/mol. The first-order valence-electron chi connectivity index (χ1n) is 9.48. The standard InChI is InChI=1S/C24H14Cl2N4O/c25-19-8-5-9-20(26)16(19)14-28-30-23(31)15(13-27)12-24(30)17-6-1-3-10-21(17)29-22-11-4-2-7-18(22)24/h1-12,14,29H/b28-14-. The van der Waals surface area contributed by atoms with Gasteiger partial charge in [-0.2, -0.15) is 10.4 Å². The Morgan fingerprint density at radius 2 is 1.52 bits per heavy atom. The molecule has 1 N–H and O–H groups in total. The number of nitriles is 1. The zero-order chi connectivity index (χ0) is 21.6. The number of para-hydroxylation sites is 2. The first-order chi connectivity index (χ1) is 15.1. The zero-order valence-electron chi connectivity index (χ0n) is 16.0. The third-order valence-corrected chi connectivity index (χ3v) is 6.14. The monoisotopic (exact) mass is 444 g/mol. The van der Waals surface area contributed by atoms with Crippen molar-refractivity contribution < 1.29 is 4.79 Å². The molecule has 0 fully saturated rings. The maximum Gasteiger partial charge on any atom is 0.285 e. The van der Waals surface area contributed by atoms with Gasteiger partial charge in [0.25, 0.3) is 5.91 Å². The van der Waals surface area contributed by atoms with Gasteiger partial charge in [0.05, 0.1) is 16.3 Å². The molecule has 0 atom stereocenters. The lowest BCUT2D eigenvalue weighted by Gasteiger charge is -2.41. The minimum absolute atomic E-state index is 0.0221.